The highest BCUT2D eigenvalue weighted by Crippen LogP contribution is 2.43. The molecule has 2 rings (SSSR count). The first-order valence-electron chi connectivity index (χ1n) is 6.57. The number of ketones is 1. The van der Waals surface area contributed by atoms with Gasteiger partial charge < -0.3 is 14.2 Å². The largest absolute Gasteiger partial charge is 0.501 e. The summed E-state index contributed by atoms with van der Waals surface area (Å²) in [6, 6.07) is 5.63. The Morgan fingerprint density at radius 1 is 1.10 bits per heavy atom. The van der Waals surface area contributed by atoms with Crippen molar-refractivity contribution in [3.8, 4) is 11.5 Å². The summed E-state index contributed by atoms with van der Waals surface area (Å²) in [6.45, 7) is 1.94. The average molecular weight is 276 g/mol. The van der Waals surface area contributed by atoms with E-state index in [1.54, 1.807) is 27.4 Å². The van der Waals surface area contributed by atoms with Gasteiger partial charge in [-0.25, -0.2) is 0 Å². The average Bonchev–Trinajstić information content (AvgIpc) is 2.49. The Balaban J connectivity index is 2.51. The Morgan fingerprint density at radius 2 is 1.85 bits per heavy atom. The predicted octanol–water partition coefficient (Wildman–Crippen LogP) is 2.85. The zero-order valence-electron chi connectivity index (χ0n) is 12.4. The van der Waals surface area contributed by atoms with E-state index in [1.807, 2.05) is 25.1 Å². The van der Waals surface area contributed by atoms with Crippen LogP contribution in [0.2, 0.25) is 0 Å². The Morgan fingerprint density at radius 3 is 2.40 bits per heavy atom. The summed E-state index contributed by atoms with van der Waals surface area (Å²) in [7, 11) is 4.78. The number of rotatable bonds is 4. The molecule has 0 bridgehead atoms. The minimum atomic E-state index is -0.609. The predicted molar refractivity (Wildman–Crippen MR) is 76.2 cm³/mol. The molecule has 0 aliphatic heterocycles. The maximum absolute atomic E-state index is 12.5. The number of ether oxygens (including phenoxy) is 3. The monoisotopic (exact) mass is 276 g/mol. The Kier molecular flexibility index (Phi) is 4.02. The van der Waals surface area contributed by atoms with E-state index in [9.17, 15) is 4.79 Å². The maximum Gasteiger partial charge on any atom is 0.169 e. The molecule has 108 valence electrons. The van der Waals surface area contributed by atoms with Crippen molar-refractivity contribution in [1.82, 2.24) is 0 Å². The fourth-order valence-corrected chi connectivity index (χ4v) is 2.62. The van der Waals surface area contributed by atoms with Crippen LogP contribution in [0.5, 0.6) is 11.5 Å². The van der Waals surface area contributed by atoms with Gasteiger partial charge in [0.05, 0.1) is 32.5 Å². The first kappa shape index (κ1) is 14.4. The summed E-state index contributed by atoms with van der Waals surface area (Å²) in [6.07, 6.45) is 3.01. The van der Waals surface area contributed by atoms with Crippen LogP contribution in [0.4, 0.5) is 0 Å². The van der Waals surface area contributed by atoms with Gasteiger partial charge in [-0.05, 0) is 19.4 Å². The standard InChI is InChI=1S/C16H20O4/c1-16(9-8-11(18-2)10-14(16)17)12-6-5-7-13(19-3)15(12)20-4/h5-7,10H,8-9H2,1-4H3. The minimum Gasteiger partial charge on any atom is -0.501 e. The molecule has 0 heterocycles. The first-order chi connectivity index (χ1) is 9.56. The van der Waals surface area contributed by atoms with Gasteiger partial charge in [-0.15, -0.1) is 0 Å². The van der Waals surface area contributed by atoms with Crippen LogP contribution in [-0.2, 0) is 14.9 Å². The molecule has 1 unspecified atom stereocenters. The zero-order valence-corrected chi connectivity index (χ0v) is 12.4. The van der Waals surface area contributed by atoms with Crippen molar-refractivity contribution in [2.45, 2.75) is 25.2 Å². The molecular weight excluding hydrogens is 256 g/mol. The van der Waals surface area contributed by atoms with Crippen LogP contribution < -0.4 is 9.47 Å². The summed E-state index contributed by atoms with van der Waals surface area (Å²) in [5, 5.41) is 0. The number of benzene rings is 1. The molecule has 0 fully saturated rings. The Labute approximate surface area is 119 Å². The van der Waals surface area contributed by atoms with Crippen LogP contribution >= 0.6 is 0 Å². The fourth-order valence-electron chi connectivity index (χ4n) is 2.62. The van der Waals surface area contributed by atoms with Crippen molar-refractivity contribution in [1.29, 1.82) is 0 Å². The first-order valence-corrected chi connectivity index (χ1v) is 6.57. The third-order valence-corrected chi connectivity index (χ3v) is 3.97. The van der Waals surface area contributed by atoms with Crippen LogP contribution in [0.25, 0.3) is 0 Å². The quantitative estimate of drug-likeness (QED) is 0.848. The lowest BCUT2D eigenvalue weighted by atomic mass is 9.71. The Bertz CT molecular complexity index is 547. The second kappa shape index (κ2) is 5.57. The van der Waals surface area contributed by atoms with Crippen molar-refractivity contribution in [3.05, 3.63) is 35.6 Å². The number of para-hydroxylation sites is 1. The summed E-state index contributed by atoms with van der Waals surface area (Å²) in [5.74, 6) is 2.03. The van der Waals surface area contributed by atoms with Crippen molar-refractivity contribution in [3.63, 3.8) is 0 Å². The van der Waals surface area contributed by atoms with E-state index < -0.39 is 5.41 Å². The van der Waals surface area contributed by atoms with Crippen LogP contribution in [-0.4, -0.2) is 27.1 Å². The highest BCUT2D eigenvalue weighted by molar-refractivity contribution is 6.00. The van der Waals surface area contributed by atoms with E-state index in [-0.39, 0.29) is 5.78 Å². The molecule has 0 amide bonds. The minimum absolute atomic E-state index is 0.0344. The molecule has 4 nitrogen and oxygen atoms in total. The van der Waals surface area contributed by atoms with E-state index in [0.717, 1.165) is 17.7 Å². The van der Waals surface area contributed by atoms with E-state index in [0.29, 0.717) is 17.9 Å². The highest BCUT2D eigenvalue weighted by Gasteiger charge is 2.39. The molecule has 0 N–H and O–H groups in total. The zero-order chi connectivity index (χ0) is 14.8. The van der Waals surface area contributed by atoms with Gasteiger partial charge in [0.1, 0.15) is 0 Å². The molecule has 1 aliphatic carbocycles. The molecule has 1 aromatic rings. The van der Waals surface area contributed by atoms with Gasteiger partial charge in [0, 0.05) is 18.1 Å². The smallest absolute Gasteiger partial charge is 0.169 e. The number of hydrogen-bond donors (Lipinski definition) is 0. The van der Waals surface area contributed by atoms with Crippen molar-refractivity contribution in [2.24, 2.45) is 0 Å². The van der Waals surface area contributed by atoms with Crippen LogP contribution in [0.1, 0.15) is 25.3 Å². The molecule has 0 radical (unpaired) electrons. The van der Waals surface area contributed by atoms with Gasteiger partial charge in [0.2, 0.25) is 0 Å². The molecule has 1 atom stereocenters. The summed E-state index contributed by atoms with van der Waals surface area (Å²) < 4.78 is 15.9. The third-order valence-electron chi connectivity index (χ3n) is 3.97. The lowest BCUT2D eigenvalue weighted by Crippen LogP contribution is -2.35. The van der Waals surface area contributed by atoms with Crippen LogP contribution in [0.3, 0.4) is 0 Å². The van der Waals surface area contributed by atoms with Gasteiger partial charge in [0.15, 0.2) is 17.3 Å². The SMILES string of the molecule is COC1=CC(=O)C(C)(c2cccc(OC)c2OC)CC1. The number of carbonyl (C=O) groups excluding carboxylic acids is 1. The second-order valence-corrected chi connectivity index (χ2v) is 5.05. The van der Waals surface area contributed by atoms with E-state index in [2.05, 4.69) is 0 Å². The van der Waals surface area contributed by atoms with Crippen molar-refractivity contribution < 1.29 is 19.0 Å². The Hall–Kier alpha value is -1.97. The topological polar surface area (TPSA) is 44.8 Å². The third kappa shape index (κ3) is 2.26. The molecule has 4 heteroatoms. The van der Waals surface area contributed by atoms with Crippen molar-refractivity contribution in [2.75, 3.05) is 21.3 Å². The van der Waals surface area contributed by atoms with Gasteiger partial charge in [-0.2, -0.15) is 0 Å². The van der Waals surface area contributed by atoms with E-state index in [1.165, 1.54) is 0 Å². The number of allylic oxidation sites excluding steroid dienone is 2. The van der Waals surface area contributed by atoms with E-state index in [4.69, 9.17) is 14.2 Å². The fraction of sp³-hybridized carbons (Fsp3) is 0.438. The molecular formula is C16H20O4. The molecule has 1 aromatic carbocycles. The molecule has 1 aliphatic rings. The van der Waals surface area contributed by atoms with Crippen LogP contribution in [0.15, 0.2) is 30.0 Å². The highest BCUT2D eigenvalue weighted by atomic mass is 16.5. The molecule has 0 saturated heterocycles. The molecule has 0 spiro atoms. The second-order valence-electron chi connectivity index (χ2n) is 5.05. The van der Waals surface area contributed by atoms with E-state index >= 15 is 0 Å². The number of hydrogen-bond acceptors (Lipinski definition) is 4. The number of methoxy groups -OCH3 is 3. The van der Waals surface area contributed by atoms with Gasteiger partial charge in [0.25, 0.3) is 0 Å². The van der Waals surface area contributed by atoms with Crippen LogP contribution in [0, 0.1) is 0 Å². The summed E-state index contributed by atoms with van der Waals surface area (Å²) in [5.41, 5.74) is 0.248. The van der Waals surface area contributed by atoms with Crippen molar-refractivity contribution >= 4 is 5.78 Å². The summed E-state index contributed by atoms with van der Waals surface area (Å²) >= 11 is 0. The van der Waals surface area contributed by atoms with Gasteiger partial charge >= 0.3 is 0 Å². The summed E-state index contributed by atoms with van der Waals surface area (Å²) in [4.78, 5) is 12.5. The lowest BCUT2D eigenvalue weighted by molar-refractivity contribution is -0.120. The van der Waals surface area contributed by atoms with Gasteiger partial charge in [-0.1, -0.05) is 12.1 Å². The lowest BCUT2D eigenvalue weighted by Gasteiger charge is -2.32. The van der Waals surface area contributed by atoms with Gasteiger partial charge in [-0.3, -0.25) is 4.79 Å². The number of carbonyl (C=O) groups is 1. The normalized spacial score (nSPS) is 22.2. The molecule has 20 heavy (non-hydrogen) atoms. The maximum atomic E-state index is 12.5. The molecule has 0 aromatic heterocycles. The molecule has 0 saturated carbocycles.